The molecule has 0 fully saturated rings. The molecule has 1 aromatic heterocycles. The second kappa shape index (κ2) is 7.30. The van der Waals surface area contributed by atoms with Gasteiger partial charge >= 0.3 is 0 Å². The van der Waals surface area contributed by atoms with Gasteiger partial charge in [0.15, 0.2) is 5.13 Å². The quantitative estimate of drug-likeness (QED) is 0.654. The number of thiazole rings is 1. The minimum Gasteiger partial charge on any atom is -0.302 e. The van der Waals surface area contributed by atoms with E-state index in [2.05, 4.69) is 10.3 Å². The van der Waals surface area contributed by atoms with E-state index in [0.29, 0.717) is 20.9 Å². The number of nitrogens with one attached hydrogen (secondary N) is 1. The Balaban J connectivity index is 1.66. The summed E-state index contributed by atoms with van der Waals surface area (Å²) in [7, 11) is 0. The summed E-state index contributed by atoms with van der Waals surface area (Å²) in [5.41, 5.74) is 2.24. The molecule has 0 bridgehead atoms. The third kappa shape index (κ3) is 4.12. The molecule has 0 saturated carbocycles. The molecule has 0 aliphatic heterocycles. The summed E-state index contributed by atoms with van der Waals surface area (Å²) in [6.07, 6.45) is 0.169. The van der Waals surface area contributed by atoms with E-state index in [1.807, 2.05) is 5.38 Å². The Morgan fingerprint density at radius 1 is 1.12 bits per heavy atom. The lowest BCUT2D eigenvalue weighted by atomic mass is 10.1. The molecule has 3 rings (SSSR count). The van der Waals surface area contributed by atoms with Gasteiger partial charge in [-0.3, -0.25) is 4.79 Å². The van der Waals surface area contributed by atoms with Gasteiger partial charge in [-0.1, -0.05) is 29.3 Å². The van der Waals surface area contributed by atoms with E-state index in [1.165, 1.54) is 23.5 Å². The first-order valence-corrected chi connectivity index (χ1v) is 8.60. The number of carbonyl (C=O) groups excluding carboxylic acids is 1. The summed E-state index contributed by atoms with van der Waals surface area (Å²) in [6, 6.07) is 11.1. The highest BCUT2D eigenvalue weighted by molar-refractivity contribution is 7.14. The fourth-order valence-corrected chi connectivity index (χ4v) is 3.14. The van der Waals surface area contributed by atoms with E-state index >= 15 is 0 Å². The lowest BCUT2D eigenvalue weighted by molar-refractivity contribution is -0.115. The highest BCUT2D eigenvalue weighted by Gasteiger charge is 2.10. The largest absolute Gasteiger partial charge is 0.302 e. The maximum absolute atomic E-state index is 12.9. The van der Waals surface area contributed by atoms with Crippen LogP contribution in [0, 0.1) is 5.82 Å². The average Bonchev–Trinajstić information content (AvgIpc) is 3.00. The highest BCUT2D eigenvalue weighted by Crippen LogP contribution is 2.26. The number of rotatable bonds is 4. The molecule has 0 atom stereocenters. The summed E-state index contributed by atoms with van der Waals surface area (Å²) < 4.78 is 12.9. The lowest BCUT2D eigenvalue weighted by Gasteiger charge is -2.03. The number of benzene rings is 2. The van der Waals surface area contributed by atoms with Gasteiger partial charge in [0.05, 0.1) is 22.2 Å². The first-order valence-electron chi connectivity index (χ1n) is 6.96. The number of amides is 1. The molecule has 0 unspecified atom stereocenters. The van der Waals surface area contributed by atoms with Crippen molar-refractivity contribution >= 4 is 45.6 Å². The molecular weight excluding hydrogens is 370 g/mol. The van der Waals surface area contributed by atoms with Crippen LogP contribution in [0.2, 0.25) is 10.0 Å². The van der Waals surface area contributed by atoms with E-state index in [9.17, 15) is 9.18 Å². The van der Waals surface area contributed by atoms with Crippen molar-refractivity contribution in [2.45, 2.75) is 6.42 Å². The molecule has 122 valence electrons. The number of aromatic nitrogens is 1. The van der Waals surface area contributed by atoms with Crippen LogP contribution in [0.5, 0.6) is 0 Å². The molecule has 3 aromatic rings. The monoisotopic (exact) mass is 380 g/mol. The Hall–Kier alpha value is -1.95. The van der Waals surface area contributed by atoms with E-state index in [4.69, 9.17) is 23.2 Å². The van der Waals surface area contributed by atoms with E-state index < -0.39 is 0 Å². The SMILES string of the molecule is O=C(Cc1ccc(Cl)c(Cl)c1)Nc1nc(-c2ccc(F)cc2)cs1. The van der Waals surface area contributed by atoms with Gasteiger partial charge in [-0.15, -0.1) is 11.3 Å². The van der Waals surface area contributed by atoms with Gasteiger partial charge in [0.25, 0.3) is 0 Å². The van der Waals surface area contributed by atoms with Gasteiger partial charge in [0.2, 0.25) is 5.91 Å². The Morgan fingerprint density at radius 3 is 2.58 bits per heavy atom. The van der Waals surface area contributed by atoms with Crippen molar-refractivity contribution in [3.63, 3.8) is 0 Å². The second-order valence-electron chi connectivity index (χ2n) is 5.02. The average molecular weight is 381 g/mol. The zero-order valence-electron chi connectivity index (χ0n) is 12.2. The van der Waals surface area contributed by atoms with Gasteiger partial charge in [-0.2, -0.15) is 0 Å². The third-order valence-electron chi connectivity index (χ3n) is 3.24. The molecule has 24 heavy (non-hydrogen) atoms. The molecule has 0 aliphatic rings. The van der Waals surface area contributed by atoms with Gasteiger partial charge in [0.1, 0.15) is 5.82 Å². The Morgan fingerprint density at radius 2 is 1.88 bits per heavy atom. The van der Waals surface area contributed by atoms with Crippen molar-refractivity contribution in [2.75, 3.05) is 5.32 Å². The maximum Gasteiger partial charge on any atom is 0.230 e. The van der Waals surface area contributed by atoms with Crippen LogP contribution in [0.4, 0.5) is 9.52 Å². The number of anilines is 1. The number of nitrogens with zero attached hydrogens (tertiary/aromatic N) is 1. The van der Waals surface area contributed by atoms with Crippen molar-refractivity contribution in [2.24, 2.45) is 0 Å². The predicted octanol–water partition coefficient (Wildman–Crippen LogP) is 5.44. The zero-order valence-corrected chi connectivity index (χ0v) is 14.6. The minimum absolute atomic E-state index is 0.169. The molecular formula is C17H11Cl2FN2OS. The summed E-state index contributed by atoms with van der Waals surface area (Å²) in [4.78, 5) is 16.4. The van der Waals surface area contributed by atoms with Crippen molar-refractivity contribution in [3.05, 3.63) is 69.3 Å². The smallest absolute Gasteiger partial charge is 0.230 e. The summed E-state index contributed by atoms with van der Waals surface area (Å²) in [5, 5.41) is 5.90. The van der Waals surface area contributed by atoms with Crippen LogP contribution in [0.15, 0.2) is 47.8 Å². The molecule has 1 heterocycles. The number of halogens is 3. The molecule has 0 aliphatic carbocycles. The summed E-state index contributed by atoms with van der Waals surface area (Å²) >= 11 is 13.1. The Kier molecular flexibility index (Phi) is 5.14. The predicted molar refractivity (Wildman–Crippen MR) is 96.3 cm³/mol. The van der Waals surface area contributed by atoms with Crippen LogP contribution in [0.3, 0.4) is 0 Å². The number of hydrogen-bond acceptors (Lipinski definition) is 3. The first kappa shape index (κ1) is 16.9. The van der Waals surface area contributed by atoms with Crippen LogP contribution in [0.25, 0.3) is 11.3 Å². The van der Waals surface area contributed by atoms with Crippen molar-refractivity contribution in [3.8, 4) is 11.3 Å². The molecule has 0 spiro atoms. The fourth-order valence-electron chi connectivity index (χ4n) is 2.08. The van der Waals surface area contributed by atoms with Crippen LogP contribution < -0.4 is 5.32 Å². The summed E-state index contributed by atoms with van der Waals surface area (Å²) in [6.45, 7) is 0. The van der Waals surface area contributed by atoms with Crippen molar-refractivity contribution in [1.82, 2.24) is 4.98 Å². The van der Waals surface area contributed by atoms with Gasteiger partial charge < -0.3 is 5.32 Å². The normalized spacial score (nSPS) is 10.6. The molecule has 7 heteroatoms. The molecule has 2 aromatic carbocycles. The second-order valence-corrected chi connectivity index (χ2v) is 6.69. The van der Waals surface area contributed by atoms with E-state index in [1.54, 1.807) is 30.3 Å². The molecule has 1 amide bonds. The zero-order chi connectivity index (χ0) is 17.1. The van der Waals surface area contributed by atoms with Gasteiger partial charge in [-0.05, 0) is 42.0 Å². The number of carbonyl (C=O) groups is 1. The standard InChI is InChI=1S/C17H11Cl2FN2OS/c18-13-6-1-10(7-14(13)19)8-16(23)22-17-21-15(9-24-17)11-2-4-12(20)5-3-11/h1-7,9H,8H2,(H,21,22,23). The van der Waals surface area contributed by atoms with Crippen molar-refractivity contribution < 1.29 is 9.18 Å². The van der Waals surface area contributed by atoms with Gasteiger partial charge in [0, 0.05) is 10.9 Å². The topological polar surface area (TPSA) is 42.0 Å². The third-order valence-corrected chi connectivity index (χ3v) is 4.74. The number of hydrogen-bond donors (Lipinski definition) is 1. The minimum atomic E-state index is -0.302. The van der Waals surface area contributed by atoms with Crippen LogP contribution in [-0.2, 0) is 11.2 Å². The molecule has 0 radical (unpaired) electrons. The maximum atomic E-state index is 12.9. The Labute approximate surface area is 152 Å². The van der Waals surface area contributed by atoms with Crippen LogP contribution >= 0.6 is 34.5 Å². The fraction of sp³-hybridized carbons (Fsp3) is 0.0588. The van der Waals surface area contributed by atoms with E-state index in [-0.39, 0.29) is 18.1 Å². The highest BCUT2D eigenvalue weighted by atomic mass is 35.5. The summed E-state index contributed by atoms with van der Waals surface area (Å²) in [5.74, 6) is -0.502. The van der Waals surface area contributed by atoms with Crippen LogP contribution in [0.1, 0.15) is 5.56 Å². The van der Waals surface area contributed by atoms with Gasteiger partial charge in [-0.25, -0.2) is 9.37 Å². The van der Waals surface area contributed by atoms with Crippen molar-refractivity contribution in [1.29, 1.82) is 0 Å². The Bertz CT molecular complexity index is 881. The molecule has 1 N–H and O–H groups in total. The lowest BCUT2D eigenvalue weighted by Crippen LogP contribution is -2.14. The van der Waals surface area contributed by atoms with E-state index in [0.717, 1.165) is 11.1 Å². The molecule has 3 nitrogen and oxygen atoms in total. The van der Waals surface area contributed by atoms with Crippen LogP contribution in [-0.4, -0.2) is 10.9 Å². The molecule has 0 saturated heterocycles. The first-order chi connectivity index (χ1) is 11.5.